The van der Waals surface area contributed by atoms with Gasteiger partial charge >= 0.3 is 0 Å². The van der Waals surface area contributed by atoms with Crippen LogP contribution in [0.4, 0.5) is 23.2 Å². The predicted molar refractivity (Wildman–Crippen MR) is 74.3 cm³/mol. The van der Waals surface area contributed by atoms with E-state index >= 15 is 0 Å². The van der Waals surface area contributed by atoms with Gasteiger partial charge in [-0.2, -0.15) is 0 Å². The lowest BCUT2D eigenvalue weighted by atomic mass is 10.2. The molecule has 0 bridgehead atoms. The van der Waals surface area contributed by atoms with Crippen LogP contribution >= 0.6 is 10.7 Å². The maximum absolute atomic E-state index is 13.4. The average molecular weight is 370 g/mol. The summed E-state index contributed by atoms with van der Waals surface area (Å²) in [5, 5.41) is 12.1. The van der Waals surface area contributed by atoms with Gasteiger partial charge in [-0.05, 0) is 12.1 Å². The Morgan fingerprint density at radius 1 is 1.00 bits per heavy atom. The molecule has 2 rings (SSSR count). The maximum atomic E-state index is 13.4. The Hall–Kier alpha value is -1.84. The molecule has 0 aliphatic rings. The number of aliphatic hydroxyl groups excluding tert-OH is 1. The monoisotopic (exact) mass is 369 g/mol. The average Bonchev–Trinajstić information content (AvgIpc) is 2.43. The summed E-state index contributed by atoms with van der Waals surface area (Å²) in [7, 11) is 0.656. The van der Waals surface area contributed by atoms with E-state index in [9.17, 15) is 31.1 Å². The molecule has 0 radical (unpaired) electrons. The molecule has 0 heterocycles. The van der Waals surface area contributed by atoms with Gasteiger partial charge in [-0.1, -0.05) is 6.07 Å². The van der Waals surface area contributed by atoms with Crippen molar-refractivity contribution >= 4 is 25.4 Å². The minimum Gasteiger partial charge on any atom is -0.369 e. The molecule has 0 amide bonds. The van der Waals surface area contributed by atoms with Crippen LogP contribution in [0.25, 0.3) is 0 Å². The minimum absolute atomic E-state index is 0.143. The summed E-state index contributed by atoms with van der Waals surface area (Å²) in [4.78, 5) is -0.867. The van der Waals surface area contributed by atoms with Gasteiger partial charge in [-0.15, -0.1) is 0 Å². The van der Waals surface area contributed by atoms with Crippen molar-refractivity contribution in [2.24, 2.45) is 0 Å². The molecule has 124 valence electrons. The van der Waals surface area contributed by atoms with Crippen LogP contribution in [-0.4, -0.2) is 13.5 Å². The van der Waals surface area contributed by atoms with E-state index in [1.165, 1.54) is 0 Å². The van der Waals surface area contributed by atoms with E-state index < -0.39 is 43.4 Å². The van der Waals surface area contributed by atoms with Crippen LogP contribution in [0.2, 0.25) is 0 Å². The van der Waals surface area contributed by atoms with Crippen molar-refractivity contribution in [3.05, 3.63) is 59.2 Å². The van der Waals surface area contributed by atoms with Gasteiger partial charge in [0.25, 0.3) is 9.05 Å². The first-order valence-corrected chi connectivity index (χ1v) is 8.24. The largest absolute Gasteiger partial charge is 0.369 e. The summed E-state index contributed by atoms with van der Waals surface area (Å²) in [6, 6.07) is 3.72. The van der Waals surface area contributed by atoms with Crippen molar-refractivity contribution in [1.29, 1.82) is 0 Å². The van der Waals surface area contributed by atoms with Crippen LogP contribution in [0.1, 0.15) is 11.8 Å². The first-order valence-electron chi connectivity index (χ1n) is 5.93. The molecule has 0 aliphatic heterocycles. The second-order valence-corrected chi connectivity index (χ2v) is 6.96. The van der Waals surface area contributed by atoms with Crippen molar-refractivity contribution in [2.45, 2.75) is 11.1 Å². The molecule has 2 N–H and O–H groups in total. The fourth-order valence-corrected chi connectivity index (χ4v) is 2.69. The Bertz CT molecular complexity index is 837. The summed E-state index contributed by atoms with van der Waals surface area (Å²) in [5.41, 5.74) is -0.454. The van der Waals surface area contributed by atoms with Crippen molar-refractivity contribution in [2.75, 3.05) is 5.32 Å². The highest BCUT2D eigenvalue weighted by Gasteiger charge is 2.20. The van der Waals surface area contributed by atoms with Crippen LogP contribution in [-0.2, 0) is 9.05 Å². The quantitative estimate of drug-likeness (QED) is 0.376. The van der Waals surface area contributed by atoms with Gasteiger partial charge in [-0.3, -0.25) is 0 Å². The Balaban J connectivity index is 2.33. The third-order valence-electron chi connectivity index (χ3n) is 2.82. The van der Waals surface area contributed by atoms with Crippen LogP contribution < -0.4 is 5.32 Å². The summed E-state index contributed by atoms with van der Waals surface area (Å²) in [5.74, 6) is -5.78. The summed E-state index contributed by atoms with van der Waals surface area (Å²) >= 11 is 0. The van der Waals surface area contributed by atoms with E-state index in [1.807, 2.05) is 0 Å². The number of anilines is 1. The molecule has 0 fully saturated rings. The van der Waals surface area contributed by atoms with E-state index in [4.69, 9.17) is 10.7 Å². The summed E-state index contributed by atoms with van der Waals surface area (Å²) in [6.07, 6.45) is -1.66. The fourth-order valence-electron chi connectivity index (χ4n) is 1.76. The lowest BCUT2D eigenvalue weighted by Crippen LogP contribution is -2.11. The maximum Gasteiger partial charge on any atom is 0.264 e. The van der Waals surface area contributed by atoms with E-state index in [-0.39, 0.29) is 11.3 Å². The van der Waals surface area contributed by atoms with Crippen molar-refractivity contribution in [3.8, 4) is 0 Å². The van der Waals surface area contributed by atoms with Crippen molar-refractivity contribution in [3.63, 3.8) is 0 Å². The van der Waals surface area contributed by atoms with Gasteiger partial charge < -0.3 is 10.4 Å². The first-order chi connectivity index (χ1) is 10.6. The van der Waals surface area contributed by atoms with Gasteiger partial charge in [0.1, 0.15) is 10.7 Å². The Labute approximate surface area is 132 Å². The van der Waals surface area contributed by atoms with Gasteiger partial charge in [-0.25, -0.2) is 26.0 Å². The van der Waals surface area contributed by atoms with Crippen LogP contribution in [0, 0.1) is 23.3 Å². The molecule has 1 atom stereocenters. The number of benzene rings is 2. The fraction of sp³-hybridized carbons (Fsp3) is 0.0769. The van der Waals surface area contributed by atoms with Crippen molar-refractivity contribution in [1.82, 2.24) is 0 Å². The molecular formula is C13H8ClF4NO3S. The molecule has 23 heavy (non-hydrogen) atoms. The molecular weight excluding hydrogens is 362 g/mol. The summed E-state index contributed by atoms with van der Waals surface area (Å²) < 4.78 is 74.8. The number of hydrogen-bond acceptors (Lipinski definition) is 4. The topological polar surface area (TPSA) is 66.4 Å². The smallest absolute Gasteiger partial charge is 0.264 e. The van der Waals surface area contributed by atoms with E-state index in [2.05, 4.69) is 5.32 Å². The molecule has 1 unspecified atom stereocenters. The molecule has 4 nitrogen and oxygen atoms in total. The molecule has 0 spiro atoms. The Morgan fingerprint density at radius 3 is 2.09 bits per heavy atom. The highest BCUT2D eigenvalue weighted by atomic mass is 35.7. The number of rotatable bonds is 4. The van der Waals surface area contributed by atoms with Gasteiger partial charge in [0.2, 0.25) is 0 Å². The Kier molecular flexibility index (Phi) is 4.83. The zero-order chi connectivity index (χ0) is 17.4. The number of hydrogen-bond donors (Lipinski definition) is 2. The van der Waals surface area contributed by atoms with E-state index in [0.29, 0.717) is 12.1 Å². The van der Waals surface area contributed by atoms with Crippen molar-refractivity contribution < 1.29 is 31.1 Å². The third kappa shape index (κ3) is 3.92. The zero-order valence-corrected chi connectivity index (χ0v) is 12.6. The second-order valence-electron chi connectivity index (χ2n) is 4.43. The molecule has 2 aromatic carbocycles. The van der Waals surface area contributed by atoms with Gasteiger partial charge in [0.15, 0.2) is 23.7 Å². The van der Waals surface area contributed by atoms with Crippen LogP contribution in [0.3, 0.4) is 0 Å². The normalized spacial score (nSPS) is 13.0. The predicted octanol–water partition coefficient (Wildman–Crippen LogP) is 3.27. The summed E-state index contributed by atoms with van der Waals surface area (Å²) in [6.45, 7) is 0. The lowest BCUT2D eigenvalue weighted by molar-refractivity contribution is 0.207. The van der Waals surface area contributed by atoms with Crippen LogP contribution in [0.15, 0.2) is 35.2 Å². The van der Waals surface area contributed by atoms with E-state index in [0.717, 1.165) is 18.2 Å². The lowest BCUT2D eigenvalue weighted by Gasteiger charge is -2.15. The zero-order valence-electron chi connectivity index (χ0n) is 11.0. The second kappa shape index (κ2) is 6.34. The molecule has 10 heteroatoms. The number of aliphatic hydroxyl groups is 1. The molecule has 0 saturated heterocycles. The number of halogens is 5. The van der Waals surface area contributed by atoms with Crippen LogP contribution in [0.5, 0.6) is 0 Å². The standard InChI is InChI=1S/C13H8ClF4NO3S/c14-23(21,22)11-3-6(1-2-8(11)15)13(20)19-7-4-9(16)12(18)10(17)5-7/h1-5,13,19-20H. The van der Waals surface area contributed by atoms with E-state index in [1.54, 1.807) is 0 Å². The number of nitrogens with one attached hydrogen (secondary N) is 1. The first kappa shape index (κ1) is 17.5. The SMILES string of the molecule is O=S(=O)(Cl)c1cc(C(O)Nc2cc(F)c(F)c(F)c2)ccc1F. The highest BCUT2D eigenvalue weighted by Crippen LogP contribution is 2.26. The molecule has 0 aliphatic carbocycles. The van der Waals surface area contributed by atoms with Gasteiger partial charge in [0, 0.05) is 34.1 Å². The minimum atomic E-state index is -4.39. The molecule has 0 aromatic heterocycles. The molecule has 0 saturated carbocycles. The highest BCUT2D eigenvalue weighted by molar-refractivity contribution is 8.13. The third-order valence-corrected chi connectivity index (χ3v) is 4.16. The Morgan fingerprint density at radius 2 is 1.57 bits per heavy atom. The van der Waals surface area contributed by atoms with Gasteiger partial charge in [0.05, 0.1) is 0 Å². The molecule has 2 aromatic rings.